The first-order valence-electron chi connectivity index (χ1n) is 8.40. The van der Waals surface area contributed by atoms with Gasteiger partial charge in [-0.3, -0.25) is 4.79 Å². The van der Waals surface area contributed by atoms with Crippen LogP contribution in [0.15, 0.2) is 54.6 Å². The summed E-state index contributed by atoms with van der Waals surface area (Å²) >= 11 is 0. The first-order valence-corrected chi connectivity index (χ1v) is 8.40. The Labute approximate surface area is 149 Å². The quantitative estimate of drug-likeness (QED) is 0.815. The van der Waals surface area contributed by atoms with Crippen molar-refractivity contribution < 1.29 is 9.59 Å². The summed E-state index contributed by atoms with van der Waals surface area (Å²) in [6.07, 6.45) is 0.261. The third kappa shape index (κ3) is 6.30. The third-order valence-corrected chi connectivity index (χ3v) is 3.97. The van der Waals surface area contributed by atoms with E-state index in [0.29, 0.717) is 19.6 Å². The minimum Gasteiger partial charge on any atom is -0.352 e. The molecule has 132 valence electrons. The normalized spacial score (nSPS) is 10.2. The van der Waals surface area contributed by atoms with Crippen LogP contribution in [0.3, 0.4) is 0 Å². The zero-order valence-electron chi connectivity index (χ0n) is 14.8. The molecule has 0 spiro atoms. The molecule has 0 aliphatic rings. The average molecular weight is 339 g/mol. The molecule has 2 aromatic rings. The number of hydrogen-bond acceptors (Lipinski definition) is 2. The van der Waals surface area contributed by atoms with Gasteiger partial charge in [0.25, 0.3) is 0 Å². The van der Waals surface area contributed by atoms with E-state index in [1.807, 2.05) is 61.5 Å². The van der Waals surface area contributed by atoms with Gasteiger partial charge in [-0.25, -0.2) is 4.79 Å². The third-order valence-electron chi connectivity index (χ3n) is 3.97. The minimum absolute atomic E-state index is 0.0748. The summed E-state index contributed by atoms with van der Waals surface area (Å²) in [5, 5.41) is 5.65. The highest BCUT2D eigenvalue weighted by molar-refractivity contribution is 5.78. The Balaban J connectivity index is 1.66. The van der Waals surface area contributed by atoms with Crippen LogP contribution in [0.2, 0.25) is 0 Å². The Kier molecular flexibility index (Phi) is 7.01. The molecule has 5 nitrogen and oxygen atoms in total. The lowest BCUT2D eigenvalue weighted by atomic mass is 10.1. The number of rotatable bonds is 7. The summed E-state index contributed by atoms with van der Waals surface area (Å²) in [5.74, 6) is -0.0748. The largest absolute Gasteiger partial charge is 0.352 e. The van der Waals surface area contributed by atoms with E-state index in [1.165, 1.54) is 0 Å². The summed E-state index contributed by atoms with van der Waals surface area (Å²) in [5.41, 5.74) is 3.32. The molecule has 2 N–H and O–H groups in total. The van der Waals surface area contributed by atoms with Crippen molar-refractivity contribution in [3.05, 3.63) is 71.3 Å². The van der Waals surface area contributed by atoms with E-state index in [2.05, 4.69) is 10.6 Å². The van der Waals surface area contributed by atoms with Gasteiger partial charge in [0.1, 0.15) is 0 Å². The number of nitrogens with zero attached hydrogens (tertiary/aromatic N) is 1. The van der Waals surface area contributed by atoms with Crippen molar-refractivity contribution in [1.29, 1.82) is 0 Å². The molecule has 0 aromatic heterocycles. The van der Waals surface area contributed by atoms with Crippen LogP contribution in [-0.2, 0) is 17.9 Å². The highest BCUT2D eigenvalue weighted by Gasteiger charge is 2.09. The molecule has 25 heavy (non-hydrogen) atoms. The van der Waals surface area contributed by atoms with Crippen LogP contribution in [0.1, 0.15) is 23.1 Å². The molecule has 0 radical (unpaired) electrons. The van der Waals surface area contributed by atoms with E-state index in [0.717, 1.165) is 16.7 Å². The van der Waals surface area contributed by atoms with Gasteiger partial charge in [0.05, 0.1) is 0 Å². The minimum atomic E-state index is -0.185. The zero-order valence-corrected chi connectivity index (χ0v) is 14.8. The average Bonchev–Trinajstić information content (AvgIpc) is 2.61. The smallest absolute Gasteiger partial charge is 0.317 e. The molecule has 0 unspecified atom stereocenters. The molecule has 0 heterocycles. The first-order chi connectivity index (χ1) is 12.1. The van der Waals surface area contributed by atoms with Gasteiger partial charge in [-0.05, 0) is 23.6 Å². The molecule has 3 amide bonds. The van der Waals surface area contributed by atoms with E-state index in [-0.39, 0.29) is 18.4 Å². The monoisotopic (exact) mass is 339 g/mol. The molecular weight excluding hydrogens is 314 g/mol. The molecule has 0 fully saturated rings. The maximum absolute atomic E-state index is 12.0. The molecule has 0 saturated carbocycles. The van der Waals surface area contributed by atoms with Crippen LogP contribution in [-0.4, -0.2) is 30.4 Å². The molecule has 0 saturated heterocycles. The van der Waals surface area contributed by atoms with Gasteiger partial charge in [0.2, 0.25) is 5.91 Å². The predicted molar refractivity (Wildman–Crippen MR) is 99.0 cm³/mol. The fourth-order valence-corrected chi connectivity index (χ4v) is 2.44. The zero-order chi connectivity index (χ0) is 18.1. The SMILES string of the molecule is Cc1ccccc1CNC(=O)CCNC(=O)N(C)Cc1ccccc1. The number of urea groups is 1. The predicted octanol–water partition coefficient (Wildman–Crippen LogP) is 2.84. The maximum atomic E-state index is 12.0. The molecular formula is C20H25N3O2. The number of benzene rings is 2. The second-order valence-electron chi connectivity index (χ2n) is 6.03. The highest BCUT2D eigenvalue weighted by Crippen LogP contribution is 2.06. The second kappa shape index (κ2) is 9.47. The Morgan fingerprint density at radius 3 is 2.36 bits per heavy atom. The van der Waals surface area contributed by atoms with Crippen LogP contribution in [0.5, 0.6) is 0 Å². The van der Waals surface area contributed by atoms with Gasteiger partial charge < -0.3 is 15.5 Å². The van der Waals surface area contributed by atoms with Gasteiger partial charge in [-0.1, -0.05) is 54.6 Å². The number of hydrogen-bond donors (Lipinski definition) is 2. The molecule has 0 aliphatic carbocycles. The van der Waals surface area contributed by atoms with Gasteiger partial charge in [0.15, 0.2) is 0 Å². The Bertz CT molecular complexity index is 701. The van der Waals surface area contributed by atoms with E-state index < -0.39 is 0 Å². The first kappa shape index (κ1) is 18.5. The Hall–Kier alpha value is -2.82. The number of carbonyl (C=O) groups is 2. The lowest BCUT2D eigenvalue weighted by Crippen LogP contribution is -2.38. The molecule has 2 aromatic carbocycles. The summed E-state index contributed by atoms with van der Waals surface area (Å²) in [6, 6.07) is 17.5. The topological polar surface area (TPSA) is 61.4 Å². The summed E-state index contributed by atoms with van der Waals surface area (Å²) in [4.78, 5) is 25.5. The van der Waals surface area contributed by atoms with Crippen molar-refractivity contribution in [3.63, 3.8) is 0 Å². The van der Waals surface area contributed by atoms with Crippen molar-refractivity contribution in [2.24, 2.45) is 0 Å². The van der Waals surface area contributed by atoms with Gasteiger partial charge in [0, 0.05) is 33.1 Å². The standard InChI is InChI=1S/C20H25N3O2/c1-16-8-6-7-11-18(16)14-22-19(24)12-13-21-20(25)23(2)15-17-9-4-3-5-10-17/h3-11H,12-15H2,1-2H3,(H,21,25)(H,22,24). The number of carbonyl (C=O) groups excluding carboxylic acids is 2. The fourth-order valence-electron chi connectivity index (χ4n) is 2.44. The number of aryl methyl sites for hydroxylation is 1. The van der Waals surface area contributed by atoms with Crippen LogP contribution in [0, 0.1) is 6.92 Å². The molecule has 0 atom stereocenters. The van der Waals surface area contributed by atoms with Crippen LogP contribution in [0.25, 0.3) is 0 Å². The van der Waals surface area contributed by atoms with Crippen LogP contribution in [0.4, 0.5) is 4.79 Å². The fraction of sp³-hybridized carbons (Fsp3) is 0.300. The molecule has 5 heteroatoms. The van der Waals surface area contributed by atoms with Gasteiger partial charge in [-0.2, -0.15) is 0 Å². The van der Waals surface area contributed by atoms with Crippen molar-refractivity contribution in [2.45, 2.75) is 26.4 Å². The summed E-state index contributed by atoms with van der Waals surface area (Å²) in [7, 11) is 1.74. The van der Waals surface area contributed by atoms with E-state index in [1.54, 1.807) is 11.9 Å². The van der Waals surface area contributed by atoms with Crippen molar-refractivity contribution >= 4 is 11.9 Å². The lowest BCUT2D eigenvalue weighted by Gasteiger charge is -2.18. The van der Waals surface area contributed by atoms with E-state index in [4.69, 9.17) is 0 Å². The number of amides is 3. The Morgan fingerprint density at radius 2 is 1.64 bits per heavy atom. The second-order valence-corrected chi connectivity index (χ2v) is 6.03. The molecule has 0 bridgehead atoms. The number of nitrogens with one attached hydrogen (secondary N) is 2. The van der Waals surface area contributed by atoms with Crippen molar-refractivity contribution in [1.82, 2.24) is 15.5 Å². The van der Waals surface area contributed by atoms with E-state index >= 15 is 0 Å². The molecule has 0 aliphatic heterocycles. The lowest BCUT2D eigenvalue weighted by molar-refractivity contribution is -0.121. The van der Waals surface area contributed by atoms with Crippen molar-refractivity contribution in [2.75, 3.05) is 13.6 Å². The van der Waals surface area contributed by atoms with Gasteiger partial charge >= 0.3 is 6.03 Å². The maximum Gasteiger partial charge on any atom is 0.317 e. The molecule has 2 rings (SSSR count). The summed E-state index contributed by atoms with van der Waals surface area (Å²) in [6.45, 7) is 3.38. The van der Waals surface area contributed by atoms with E-state index in [9.17, 15) is 9.59 Å². The van der Waals surface area contributed by atoms with Crippen LogP contribution >= 0.6 is 0 Å². The summed E-state index contributed by atoms with van der Waals surface area (Å²) < 4.78 is 0. The van der Waals surface area contributed by atoms with Gasteiger partial charge in [-0.15, -0.1) is 0 Å². The Morgan fingerprint density at radius 1 is 0.960 bits per heavy atom. The van der Waals surface area contributed by atoms with Crippen molar-refractivity contribution in [3.8, 4) is 0 Å². The highest BCUT2D eigenvalue weighted by atomic mass is 16.2. The van der Waals surface area contributed by atoms with Crippen LogP contribution < -0.4 is 10.6 Å².